The average molecular weight is 195 g/mol. The standard InChI is InChI=1S/C13H25N/c1-9(2)11-5-12-7-14(10(3)4)8-13(12)6-11/h9-13H,5-8H2,1-4H3. The number of hydrogen-bond donors (Lipinski definition) is 0. The van der Waals surface area contributed by atoms with Crippen molar-refractivity contribution in [2.24, 2.45) is 23.7 Å². The molecule has 0 aromatic rings. The number of likely N-dealkylation sites (tertiary alicyclic amines) is 1. The largest absolute Gasteiger partial charge is 0.300 e. The zero-order valence-corrected chi connectivity index (χ0v) is 10.2. The Morgan fingerprint density at radius 1 is 0.929 bits per heavy atom. The molecule has 0 bridgehead atoms. The van der Waals surface area contributed by atoms with Crippen molar-refractivity contribution in [3.8, 4) is 0 Å². The molecule has 1 heteroatoms. The molecule has 14 heavy (non-hydrogen) atoms. The van der Waals surface area contributed by atoms with E-state index in [9.17, 15) is 0 Å². The van der Waals surface area contributed by atoms with Crippen LogP contribution in [0.25, 0.3) is 0 Å². The summed E-state index contributed by atoms with van der Waals surface area (Å²) in [4.78, 5) is 2.67. The summed E-state index contributed by atoms with van der Waals surface area (Å²) >= 11 is 0. The minimum absolute atomic E-state index is 0.762. The van der Waals surface area contributed by atoms with Crippen molar-refractivity contribution in [1.29, 1.82) is 0 Å². The first-order valence-electron chi connectivity index (χ1n) is 6.32. The van der Waals surface area contributed by atoms with E-state index in [4.69, 9.17) is 0 Å². The molecule has 2 aliphatic rings. The lowest BCUT2D eigenvalue weighted by Gasteiger charge is -2.23. The second-order valence-electron chi connectivity index (χ2n) is 6.04. The van der Waals surface area contributed by atoms with Gasteiger partial charge in [0.1, 0.15) is 0 Å². The molecule has 82 valence electrons. The summed E-state index contributed by atoms with van der Waals surface area (Å²) in [6, 6.07) is 0.762. The number of hydrogen-bond acceptors (Lipinski definition) is 1. The van der Waals surface area contributed by atoms with Gasteiger partial charge in [-0.3, -0.25) is 0 Å². The Kier molecular flexibility index (Phi) is 2.88. The SMILES string of the molecule is CC(C)C1CC2CN(C(C)C)CC2C1. The van der Waals surface area contributed by atoms with E-state index in [0.29, 0.717) is 0 Å². The van der Waals surface area contributed by atoms with E-state index in [1.807, 2.05) is 0 Å². The Labute approximate surface area is 88.9 Å². The fraction of sp³-hybridized carbons (Fsp3) is 1.00. The smallest absolute Gasteiger partial charge is 0.00388 e. The number of nitrogens with zero attached hydrogens (tertiary/aromatic N) is 1. The van der Waals surface area contributed by atoms with Gasteiger partial charge in [0.05, 0.1) is 0 Å². The predicted octanol–water partition coefficient (Wildman–Crippen LogP) is 3.01. The van der Waals surface area contributed by atoms with Gasteiger partial charge in [0, 0.05) is 19.1 Å². The third-order valence-corrected chi connectivity index (χ3v) is 4.49. The van der Waals surface area contributed by atoms with Gasteiger partial charge in [0.25, 0.3) is 0 Å². The van der Waals surface area contributed by atoms with Crippen molar-refractivity contribution in [3.05, 3.63) is 0 Å². The first-order chi connectivity index (χ1) is 6.58. The highest BCUT2D eigenvalue weighted by molar-refractivity contribution is 4.93. The summed E-state index contributed by atoms with van der Waals surface area (Å²) in [6.07, 6.45) is 3.01. The number of fused-ring (bicyclic) bond motifs is 1. The van der Waals surface area contributed by atoms with E-state index in [1.54, 1.807) is 0 Å². The Morgan fingerprint density at radius 2 is 1.43 bits per heavy atom. The minimum Gasteiger partial charge on any atom is -0.300 e. The molecule has 0 aromatic heterocycles. The molecule has 1 aliphatic carbocycles. The lowest BCUT2D eigenvalue weighted by Crippen LogP contribution is -2.29. The lowest BCUT2D eigenvalue weighted by molar-refractivity contribution is 0.236. The van der Waals surface area contributed by atoms with Gasteiger partial charge in [-0.15, -0.1) is 0 Å². The predicted molar refractivity (Wildman–Crippen MR) is 61.3 cm³/mol. The van der Waals surface area contributed by atoms with Crippen LogP contribution in [0.3, 0.4) is 0 Å². The molecule has 0 spiro atoms. The van der Waals surface area contributed by atoms with Crippen molar-refractivity contribution >= 4 is 0 Å². The molecule has 1 heterocycles. The third-order valence-electron chi connectivity index (χ3n) is 4.49. The quantitative estimate of drug-likeness (QED) is 0.654. The highest BCUT2D eigenvalue weighted by atomic mass is 15.2. The van der Waals surface area contributed by atoms with Crippen LogP contribution in [0, 0.1) is 23.7 Å². The monoisotopic (exact) mass is 195 g/mol. The van der Waals surface area contributed by atoms with E-state index in [0.717, 1.165) is 29.7 Å². The molecule has 2 fully saturated rings. The van der Waals surface area contributed by atoms with E-state index in [-0.39, 0.29) is 0 Å². The van der Waals surface area contributed by atoms with Crippen LogP contribution < -0.4 is 0 Å². The van der Waals surface area contributed by atoms with Crippen LogP contribution in [0.4, 0.5) is 0 Å². The molecule has 0 amide bonds. The topological polar surface area (TPSA) is 3.24 Å². The Morgan fingerprint density at radius 3 is 1.79 bits per heavy atom. The Bertz CT molecular complexity index is 163. The molecule has 1 aliphatic heterocycles. The highest BCUT2D eigenvalue weighted by Crippen LogP contribution is 2.44. The van der Waals surface area contributed by atoms with Crippen LogP contribution in [0.1, 0.15) is 40.5 Å². The van der Waals surface area contributed by atoms with Gasteiger partial charge in [-0.25, -0.2) is 0 Å². The summed E-state index contributed by atoms with van der Waals surface area (Å²) in [5.74, 6) is 4.00. The molecule has 1 saturated carbocycles. The van der Waals surface area contributed by atoms with Crippen molar-refractivity contribution in [3.63, 3.8) is 0 Å². The van der Waals surface area contributed by atoms with Crippen LogP contribution in [0.15, 0.2) is 0 Å². The van der Waals surface area contributed by atoms with Gasteiger partial charge in [0.15, 0.2) is 0 Å². The van der Waals surface area contributed by atoms with Gasteiger partial charge < -0.3 is 4.90 Å². The maximum atomic E-state index is 2.67. The zero-order valence-electron chi connectivity index (χ0n) is 10.2. The first kappa shape index (κ1) is 10.5. The van der Waals surface area contributed by atoms with Gasteiger partial charge in [-0.2, -0.15) is 0 Å². The van der Waals surface area contributed by atoms with E-state index >= 15 is 0 Å². The molecule has 2 atom stereocenters. The van der Waals surface area contributed by atoms with Crippen LogP contribution in [-0.4, -0.2) is 24.0 Å². The minimum atomic E-state index is 0.762. The van der Waals surface area contributed by atoms with Gasteiger partial charge in [0.2, 0.25) is 0 Å². The summed E-state index contributed by atoms with van der Waals surface area (Å²) in [5, 5.41) is 0. The molecule has 2 unspecified atom stereocenters. The first-order valence-corrected chi connectivity index (χ1v) is 6.32. The van der Waals surface area contributed by atoms with Crippen molar-refractivity contribution in [1.82, 2.24) is 4.90 Å². The van der Waals surface area contributed by atoms with E-state index in [2.05, 4.69) is 32.6 Å². The average Bonchev–Trinajstić information content (AvgIpc) is 2.57. The molecule has 0 N–H and O–H groups in total. The van der Waals surface area contributed by atoms with Crippen LogP contribution >= 0.6 is 0 Å². The normalized spacial score (nSPS) is 38.6. The second-order valence-corrected chi connectivity index (χ2v) is 6.04. The van der Waals surface area contributed by atoms with E-state index in [1.165, 1.54) is 25.9 Å². The maximum absolute atomic E-state index is 2.67. The molecule has 2 rings (SSSR count). The second kappa shape index (κ2) is 3.84. The summed E-state index contributed by atoms with van der Waals surface area (Å²) < 4.78 is 0. The van der Waals surface area contributed by atoms with Gasteiger partial charge in [-0.1, -0.05) is 13.8 Å². The zero-order chi connectivity index (χ0) is 10.3. The lowest BCUT2D eigenvalue weighted by atomic mass is 9.93. The maximum Gasteiger partial charge on any atom is 0.00388 e. The molecular weight excluding hydrogens is 170 g/mol. The van der Waals surface area contributed by atoms with Crippen molar-refractivity contribution in [2.75, 3.05) is 13.1 Å². The molecule has 0 radical (unpaired) electrons. The molecular formula is C13H25N. The summed E-state index contributed by atoms with van der Waals surface area (Å²) in [6.45, 7) is 12.2. The summed E-state index contributed by atoms with van der Waals surface area (Å²) in [7, 11) is 0. The molecule has 1 nitrogen and oxygen atoms in total. The van der Waals surface area contributed by atoms with Crippen LogP contribution in [0.5, 0.6) is 0 Å². The fourth-order valence-corrected chi connectivity index (χ4v) is 3.35. The Hall–Kier alpha value is -0.0400. The summed E-state index contributed by atoms with van der Waals surface area (Å²) in [5.41, 5.74) is 0. The Balaban J connectivity index is 1.90. The molecule has 1 saturated heterocycles. The number of rotatable bonds is 2. The van der Waals surface area contributed by atoms with Crippen LogP contribution in [-0.2, 0) is 0 Å². The highest BCUT2D eigenvalue weighted by Gasteiger charge is 2.41. The van der Waals surface area contributed by atoms with Gasteiger partial charge >= 0.3 is 0 Å². The fourth-order valence-electron chi connectivity index (χ4n) is 3.35. The van der Waals surface area contributed by atoms with Gasteiger partial charge in [-0.05, 0) is 50.4 Å². The third kappa shape index (κ3) is 1.84. The molecule has 0 aromatic carbocycles. The van der Waals surface area contributed by atoms with E-state index < -0.39 is 0 Å². The van der Waals surface area contributed by atoms with Crippen molar-refractivity contribution < 1.29 is 0 Å². The van der Waals surface area contributed by atoms with Crippen LogP contribution in [0.2, 0.25) is 0 Å². The van der Waals surface area contributed by atoms with Crippen molar-refractivity contribution in [2.45, 2.75) is 46.6 Å².